The molecule has 1 aliphatic heterocycles. The molecule has 1 fully saturated rings. The molecule has 0 saturated carbocycles. The molecular formula is C22H29N3O2. The van der Waals surface area contributed by atoms with E-state index < -0.39 is 6.04 Å². The van der Waals surface area contributed by atoms with Crippen molar-refractivity contribution in [3.63, 3.8) is 0 Å². The highest BCUT2D eigenvalue weighted by Gasteiger charge is 2.26. The molecule has 1 amide bonds. The number of carbonyl (C=O) groups is 1. The predicted octanol–water partition coefficient (Wildman–Crippen LogP) is 2.22. The van der Waals surface area contributed by atoms with Crippen molar-refractivity contribution < 1.29 is 9.90 Å². The molecule has 1 atom stereocenters. The lowest BCUT2D eigenvalue weighted by Crippen LogP contribution is -2.53. The lowest BCUT2D eigenvalue weighted by Gasteiger charge is -2.36. The van der Waals surface area contributed by atoms with E-state index in [-0.39, 0.29) is 11.7 Å². The van der Waals surface area contributed by atoms with Crippen LogP contribution in [0.25, 0.3) is 0 Å². The van der Waals surface area contributed by atoms with Crippen LogP contribution in [0, 0.1) is 13.8 Å². The van der Waals surface area contributed by atoms with Gasteiger partial charge in [-0.3, -0.25) is 9.69 Å². The molecule has 0 aliphatic carbocycles. The maximum atomic E-state index is 12.8. The number of carbonyl (C=O) groups excluding carboxylic acids is 1. The number of phenolic OH excluding ortho intramolecular Hbond substituents is 1. The second-order valence-electron chi connectivity index (χ2n) is 7.46. The number of aryl methyl sites for hydroxylation is 2. The summed E-state index contributed by atoms with van der Waals surface area (Å²) >= 11 is 0. The van der Waals surface area contributed by atoms with Crippen LogP contribution in [0.1, 0.15) is 22.3 Å². The van der Waals surface area contributed by atoms with Gasteiger partial charge in [0.1, 0.15) is 5.75 Å². The molecule has 2 aromatic rings. The van der Waals surface area contributed by atoms with Gasteiger partial charge in [-0.05, 0) is 54.7 Å². The summed E-state index contributed by atoms with van der Waals surface area (Å²) < 4.78 is 0. The van der Waals surface area contributed by atoms with Crippen molar-refractivity contribution in [2.75, 3.05) is 26.2 Å². The number of phenols is 1. The van der Waals surface area contributed by atoms with Crippen molar-refractivity contribution >= 4 is 5.91 Å². The van der Waals surface area contributed by atoms with Crippen molar-refractivity contribution in [2.45, 2.75) is 32.9 Å². The molecule has 2 aromatic carbocycles. The minimum Gasteiger partial charge on any atom is -0.508 e. The maximum Gasteiger partial charge on any atom is 0.239 e. The summed E-state index contributed by atoms with van der Waals surface area (Å²) in [7, 11) is 0. The first-order chi connectivity index (χ1) is 12.9. The lowest BCUT2D eigenvalue weighted by molar-refractivity contribution is -0.134. The van der Waals surface area contributed by atoms with E-state index in [1.807, 2.05) is 24.8 Å². The van der Waals surface area contributed by atoms with E-state index in [2.05, 4.69) is 29.2 Å². The van der Waals surface area contributed by atoms with Crippen LogP contribution in [-0.4, -0.2) is 53.0 Å². The zero-order valence-corrected chi connectivity index (χ0v) is 16.2. The van der Waals surface area contributed by atoms with Gasteiger partial charge in [-0.2, -0.15) is 0 Å². The SMILES string of the molecule is Cc1cc(O)cc(C)c1C[C@H](N)C(=O)N1CCN(Cc2ccccc2)CC1. The van der Waals surface area contributed by atoms with Gasteiger partial charge in [-0.15, -0.1) is 0 Å². The first-order valence-electron chi connectivity index (χ1n) is 9.54. The van der Waals surface area contributed by atoms with E-state index in [1.165, 1.54) is 5.56 Å². The third-order valence-corrected chi connectivity index (χ3v) is 5.35. The highest BCUT2D eigenvalue weighted by Crippen LogP contribution is 2.22. The molecule has 0 spiro atoms. The summed E-state index contributed by atoms with van der Waals surface area (Å²) in [5, 5.41) is 9.68. The fraction of sp³-hybridized carbons (Fsp3) is 0.409. The highest BCUT2D eigenvalue weighted by atomic mass is 16.3. The van der Waals surface area contributed by atoms with E-state index in [0.29, 0.717) is 19.5 Å². The first kappa shape index (κ1) is 19.4. The molecule has 0 radical (unpaired) electrons. The number of rotatable bonds is 5. The van der Waals surface area contributed by atoms with Crippen LogP contribution in [0.2, 0.25) is 0 Å². The van der Waals surface area contributed by atoms with Crippen LogP contribution in [0.3, 0.4) is 0 Å². The molecule has 0 unspecified atom stereocenters. The molecule has 1 saturated heterocycles. The first-order valence-corrected chi connectivity index (χ1v) is 9.54. The number of nitrogens with two attached hydrogens (primary N) is 1. The number of nitrogens with zero attached hydrogens (tertiary/aromatic N) is 2. The Kier molecular flexibility index (Phi) is 6.14. The zero-order chi connectivity index (χ0) is 19.4. The normalized spacial score (nSPS) is 16.3. The van der Waals surface area contributed by atoms with Gasteiger partial charge in [-0.25, -0.2) is 0 Å². The van der Waals surface area contributed by atoms with Crippen LogP contribution in [0.15, 0.2) is 42.5 Å². The number of piperazine rings is 1. The molecule has 1 aliphatic rings. The van der Waals surface area contributed by atoms with E-state index in [4.69, 9.17) is 5.73 Å². The molecule has 5 nitrogen and oxygen atoms in total. The number of aromatic hydroxyl groups is 1. The summed E-state index contributed by atoms with van der Waals surface area (Å²) in [6.45, 7) is 7.97. The number of hydrogen-bond acceptors (Lipinski definition) is 4. The summed E-state index contributed by atoms with van der Waals surface area (Å²) in [4.78, 5) is 17.1. The van der Waals surface area contributed by atoms with Gasteiger partial charge >= 0.3 is 0 Å². The van der Waals surface area contributed by atoms with Crippen molar-refractivity contribution in [3.05, 3.63) is 64.7 Å². The summed E-state index contributed by atoms with van der Waals surface area (Å²) in [5.74, 6) is 0.268. The van der Waals surface area contributed by atoms with Crippen molar-refractivity contribution in [1.82, 2.24) is 9.80 Å². The average molecular weight is 367 g/mol. The number of hydrogen-bond donors (Lipinski definition) is 2. The molecule has 27 heavy (non-hydrogen) atoms. The van der Waals surface area contributed by atoms with Gasteiger partial charge in [0, 0.05) is 32.7 Å². The Bertz CT molecular complexity index is 760. The lowest BCUT2D eigenvalue weighted by atomic mass is 9.95. The largest absolute Gasteiger partial charge is 0.508 e. The third kappa shape index (κ3) is 4.87. The van der Waals surface area contributed by atoms with Crippen LogP contribution in [0.4, 0.5) is 0 Å². The topological polar surface area (TPSA) is 69.8 Å². The highest BCUT2D eigenvalue weighted by molar-refractivity contribution is 5.82. The van der Waals surface area contributed by atoms with Gasteiger partial charge in [0.25, 0.3) is 0 Å². The Hall–Kier alpha value is -2.37. The quantitative estimate of drug-likeness (QED) is 0.850. The zero-order valence-electron chi connectivity index (χ0n) is 16.2. The molecule has 1 heterocycles. The average Bonchev–Trinajstić information content (AvgIpc) is 2.65. The van der Waals surface area contributed by atoms with Crippen LogP contribution in [0.5, 0.6) is 5.75 Å². The Morgan fingerprint density at radius 3 is 2.26 bits per heavy atom. The Balaban J connectivity index is 1.54. The fourth-order valence-corrected chi connectivity index (χ4v) is 3.80. The second kappa shape index (κ2) is 8.55. The van der Waals surface area contributed by atoms with Gasteiger partial charge in [0.05, 0.1) is 6.04 Å². The second-order valence-corrected chi connectivity index (χ2v) is 7.46. The van der Waals surface area contributed by atoms with Gasteiger partial charge in [0.2, 0.25) is 5.91 Å². The molecule has 3 rings (SSSR count). The van der Waals surface area contributed by atoms with Crippen molar-refractivity contribution in [2.24, 2.45) is 5.73 Å². The minimum atomic E-state index is -0.549. The Morgan fingerprint density at radius 2 is 1.67 bits per heavy atom. The summed E-state index contributed by atoms with van der Waals surface area (Å²) in [5.41, 5.74) is 10.5. The minimum absolute atomic E-state index is 0.0150. The van der Waals surface area contributed by atoms with Gasteiger partial charge < -0.3 is 15.7 Å². The monoisotopic (exact) mass is 367 g/mol. The van der Waals surface area contributed by atoms with E-state index in [9.17, 15) is 9.90 Å². The third-order valence-electron chi connectivity index (χ3n) is 5.35. The van der Waals surface area contributed by atoms with Crippen LogP contribution < -0.4 is 5.73 Å². The van der Waals surface area contributed by atoms with E-state index >= 15 is 0 Å². The smallest absolute Gasteiger partial charge is 0.239 e. The fourth-order valence-electron chi connectivity index (χ4n) is 3.80. The molecule has 144 valence electrons. The van der Waals surface area contributed by atoms with Gasteiger partial charge in [-0.1, -0.05) is 30.3 Å². The predicted molar refractivity (Wildman–Crippen MR) is 108 cm³/mol. The van der Waals surface area contributed by atoms with E-state index in [0.717, 1.165) is 36.3 Å². The molecule has 5 heteroatoms. The number of amides is 1. The summed E-state index contributed by atoms with van der Waals surface area (Å²) in [6.07, 6.45) is 0.501. The van der Waals surface area contributed by atoms with E-state index in [1.54, 1.807) is 12.1 Å². The van der Waals surface area contributed by atoms with Crippen molar-refractivity contribution in [1.29, 1.82) is 0 Å². The maximum absolute atomic E-state index is 12.8. The number of benzene rings is 2. The Labute approximate surface area is 161 Å². The molecule has 0 aromatic heterocycles. The Morgan fingerprint density at radius 1 is 1.07 bits per heavy atom. The van der Waals surface area contributed by atoms with Crippen LogP contribution in [-0.2, 0) is 17.8 Å². The van der Waals surface area contributed by atoms with Crippen LogP contribution >= 0.6 is 0 Å². The molecule has 3 N–H and O–H groups in total. The molecular weight excluding hydrogens is 338 g/mol. The van der Waals surface area contributed by atoms with Crippen molar-refractivity contribution in [3.8, 4) is 5.75 Å². The molecule has 0 bridgehead atoms. The summed E-state index contributed by atoms with van der Waals surface area (Å²) in [6, 6.07) is 13.3. The van der Waals surface area contributed by atoms with Gasteiger partial charge in [0.15, 0.2) is 0 Å². The standard InChI is InChI=1S/C22H29N3O2/c1-16-12-19(26)13-17(2)20(16)14-21(23)22(27)25-10-8-24(9-11-25)15-18-6-4-3-5-7-18/h3-7,12-13,21,26H,8-11,14-15,23H2,1-2H3/t21-/m0/s1.